The van der Waals surface area contributed by atoms with Gasteiger partial charge in [-0.15, -0.1) is 11.3 Å². The van der Waals surface area contributed by atoms with Crippen LogP contribution in [0.1, 0.15) is 15.2 Å². The van der Waals surface area contributed by atoms with Gasteiger partial charge in [-0.3, -0.25) is 9.69 Å². The van der Waals surface area contributed by atoms with Gasteiger partial charge in [0.25, 0.3) is 5.91 Å². The molecule has 1 aromatic heterocycles. The largest absolute Gasteiger partial charge is 1.00 e. The molecule has 1 aliphatic heterocycles. The SMILES string of the molecule is O=C(c1cccs1)N1CC[NH+](c2cccc(C(F)(F)F)c2)CC1.[Cl-]. The number of hydrogen-bond donors (Lipinski definition) is 1. The fraction of sp³-hybridized carbons (Fsp3) is 0.312. The number of alkyl halides is 3. The van der Waals surface area contributed by atoms with Crippen LogP contribution in [-0.4, -0.2) is 37.0 Å². The molecule has 1 N–H and O–H groups in total. The van der Waals surface area contributed by atoms with E-state index in [9.17, 15) is 18.0 Å². The molecular formula is C16H16ClF3N2OS. The third kappa shape index (κ3) is 4.09. The van der Waals surface area contributed by atoms with Gasteiger partial charge in [0.2, 0.25) is 0 Å². The van der Waals surface area contributed by atoms with Gasteiger partial charge in [-0.25, -0.2) is 0 Å². The molecule has 0 bridgehead atoms. The first kappa shape index (κ1) is 18.8. The van der Waals surface area contributed by atoms with Crippen LogP contribution in [0.5, 0.6) is 0 Å². The number of thiophene rings is 1. The van der Waals surface area contributed by atoms with Crippen LogP contribution in [-0.2, 0) is 6.18 Å². The van der Waals surface area contributed by atoms with E-state index in [1.54, 1.807) is 17.0 Å². The smallest absolute Gasteiger partial charge is 0.416 e. The predicted octanol–water partition coefficient (Wildman–Crippen LogP) is -0.557. The lowest BCUT2D eigenvalue weighted by molar-refractivity contribution is -0.837. The molecule has 1 amide bonds. The van der Waals surface area contributed by atoms with Crippen molar-refractivity contribution in [3.8, 4) is 0 Å². The predicted molar refractivity (Wildman–Crippen MR) is 82.0 cm³/mol. The fourth-order valence-electron chi connectivity index (χ4n) is 2.74. The Balaban J connectivity index is 0.00000208. The van der Waals surface area contributed by atoms with Gasteiger partial charge in [0, 0.05) is 6.07 Å². The van der Waals surface area contributed by atoms with E-state index in [0.717, 1.165) is 11.0 Å². The number of piperazine rings is 1. The zero-order valence-corrected chi connectivity index (χ0v) is 14.2. The van der Waals surface area contributed by atoms with Crippen LogP contribution in [0.15, 0.2) is 41.8 Å². The van der Waals surface area contributed by atoms with Crippen LogP contribution in [0.3, 0.4) is 0 Å². The van der Waals surface area contributed by atoms with Crippen molar-refractivity contribution >= 4 is 22.9 Å². The first-order chi connectivity index (χ1) is 10.9. The maximum absolute atomic E-state index is 12.8. The van der Waals surface area contributed by atoms with Gasteiger partial charge in [0.05, 0.1) is 36.6 Å². The molecule has 2 aromatic rings. The second-order valence-electron chi connectivity index (χ2n) is 5.45. The number of nitrogens with zero attached hydrogens (tertiary/aromatic N) is 1. The summed E-state index contributed by atoms with van der Waals surface area (Å²) in [6, 6.07) is 9.06. The first-order valence-electron chi connectivity index (χ1n) is 7.30. The molecule has 130 valence electrons. The summed E-state index contributed by atoms with van der Waals surface area (Å²) in [6.45, 7) is 2.31. The molecule has 0 spiro atoms. The Labute approximate surface area is 148 Å². The van der Waals surface area contributed by atoms with Gasteiger partial charge in [0.15, 0.2) is 0 Å². The Bertz CT molecular complexity index is 683. The molecule has 3 rings (SSSR count). The third-order valence-corrected chi connectivity index (χ3v) is 4.84. The number of hydrogen-bond acceptors (Lipinski definition) is 2. The number of nitrogens with one attached hydrogen (secondary N) is 1. The quantitative estimate of drug-likeness (QED) is 0.747. The van der Waals surface area contributed by atoms with Crippen LogP contribution in [0.2, 0.25) is 0 Å². The van der Waals surface area contributed by atoms with Gasteiger partial charge in [-0.1, -0.05) is 12.1 Å². The topological polar surface area (TPSA) is 24.8 Å². The molecule has 1 fully saturated rings. The second-order valence-corrected chi connectivity index (χ2v) is 6.40. The highest BCUT2D eigenvalue weighted by atomic mass is 35.5. The molecule has 0 aliphatic carbocycles. The number of rotatable bonds is 2. The molecule has 24 heavy (non-hydrogen) atoms. The standard InChI is InChI=1S/C16H15F3N2OS.ClH/c17-16(18,19)12-3-1-4-13(11-12)20-6-8-21(9-7-20)15(22)14-5-2-10-23-14;/h1-5,10-11H,6-9H2;1H. The minimum atomic E-state index is -4.33. The zero-order valence-electron chi connectivity index (χ0n) is 12.6. The Morgan fingerprint density at radius 1 is 1.12 bits per heavy atom. The maximum atomic E-state index is 12.8. The molecular weight excluding hydrogens is 361 g/mol. The minimum absolute atomic E-state index is 0. The van der Waals surface area contributed by atoms with Crippen LogP contribution in [0.25, 0.3) is 0 Å². The van der Waals surface area contributed by atoms with E-state index in [2.05, 4.69) is 0 Å². The summed E-state index contributed by atoms with van der Waals surface area (Å²) in [5.74, 6) is 0.00286. The van der Waals surface area contributed by atoms with E-state index in [-0.39, 0.29) is 18.3 Å². The normalized spacial score (nSPS) is 15.9. The van der Waals surface area contributed by atoms with E-state index < -0.39 is 11.7 Å². The van der Waals surface area contributed by atoms with E-state index >= 15 is 0 Å². The van der Waals surface area contributed by atoms with Crippen LogP contribution < -0.4 is 17.3 Å². The Hall–Kier alpha value is -1.57. The first-order valence-corrected chi connectivity index (χ1v) is 8.18. The summed E-state index contributed by atoms with van der Waals surface area (Å²) in [5, 5.41) is 1.86. The van der Waals surface area contributed by atoms with Crippen molar-refractivity contribution in [2.45, 2.75) is 6.18 Å². The minimum Gasteiger partial charge on any atom is -1.00 e. The lowest BCUT2D eigenvalue weighted by Crippen LogP contribution is -3.10. The molecule has 8 heteroatoms. The fourth-order valence-corrected chi connectivity index (χ4v) is 3.43. The molecule has 0 atom stereocenters. The van der Waals surface area contributed by atoms with Crippen LogP contribution >= 0.6 is 11.3 Å². The maximum Gasteiger partial charge on any atom is 0.416 e. The lowest BCUT2D eigenvalue weighted by atomic mass is 10.1. The summed E-state index contributed by atoms with van der Waals surface area (Å²) < 4.78 is 38.4. The average Bonchev–Trinajstić information content (AvgIpc) is 3.08. The molecule has 1 aliphatic rings. The number of benzene rings is 1. The van der Waals surface area contributed by atoms with Crippen molar-refractivity contribution < 1.29 is 35.3 Å². The van der Waals surface area contributed by atoms with Gasteiger partial charge < -0.3 is 17.3 Å². The molecule has 0 unspecified atom stereocenters. The average molecular weight is 377 g/mol. The highest BCUT2D eigenvalue weighted by Crippen LogP contribution is 2.30. The summed E-state index contributed by atoms with van der Waals surface area (Å²) in [7, 11) is 0. The Morgan fingerprint density at radius 3 is 2.42 bits per heavy atom. The zero-order chi connectivity index (χ0) is 16.4. The van der Waals surface area contributed by atoms with E-state index in [1.165, 1.54) is 23.5 Å². The number of carbonyl (C=O) groups is 1. The number of halogens is 4. The Kier molecular flexibility index (Phi) is 5.90. The summed E-state index contributed by atoms with van der Waals surface area (Å²) in [4.78, 5) is 15.7. The van der Waals surface area contributed by atoms with Gasteiger partial charge in [-0.05, 0) is 23.6 Å². The molecule has 1 saturated heterocycles. The van der Waals surface area contributed by atoms with Crippen molar-refractivity contribution in [2.75, 3.05) is 26.2 Å². The molecule has 2 heterocycles. The number of carbonyl (C=O) groups excluding carboxylic acids is 1. The van der Waals surface area contributed by atoms with Crippen molar-refractivity contribution in [1.29, 1.82) is 0 Å². The molecule has 1 aromatic carbocycles. The van der Waals surface area contributed by atoms with E-state index in [4.69, 9.17) is 0 Å². The summed E-state index contributed by atoms with van der Waals surface area (Å²) >= 11 is 1.40. The second kappa shape index (κ2) is 7.55. The highest BCUT2D eigenvalue weighted by Gasteiger charge is 2.32. The third-order valence-electron chi connectivity index (χ3n) is 3.98. The monoisotopic (exact) mass is 376 g/mol. The highest BCUT2D eigenvalue weighted by molar-refractivity contribution is 7.12. The van der Waals surface area contributed by atoms with Crippen LogP contribution in [0.4, 0.5) is 18.9 Å². The van der Waals surface area contributed by atoms with Crippen molar-refractivity contribution in [3.05, 3.63) is 52.2 Å². The van der Waals surface area contributed by atoms with Crippen molar-refractivity contribution in [2.24, 2.45) is 0 Å². The van der Waals surface area contributed by atoms with Gasteiger partial charge in [-0.2, -0.15) is 13.2 Å². The Morgan fingerprint density at radius 2 is 1.83 bits per heavy atom. The van der Waals surface area contributed by atoms with Gasteiger partial charge in [0.1, 0.15) is 5.69 Å². The molecule has 0 radical (unpaired) electrons. The van der Waals surface area contributed by atoms with Gasteiger partial charge >= 0.3 is 6.18 Å². The summed E-state index contributed by atoms with van der Waals surface area (Å²) in [5.41, 5.74) is 0.00244. The summed E-state index contributed by atoms with van der Waals surface area (Å²) in [6.07, 6.45) is -4.33. The van der Waals surface area contributed by atoms with Crippen molar-refractivity contribution in [1.82, 2.24) is 4.90 Å². The van der Waals surface area contributed by atoms with Crippen molar-refractivity contribution in [3.63, 3.8) is 0 Å². The number of quaternary nitrogens is 1. The number of amides is 1. The lowest BCUT2D eigenvalue weighted by Gasteiger charge is -2.31. The van der Waals surface area contributed by atoms with Crippen LogP contribution in [0, 0.1) is 0 Å². The molecule has 3 nitrogen and oxygen atoms in total. The van der Waals surface area contributed by atoms with E-state index in [0.29, 0.717) is 36.7 Å². The van der Waals surface area contributed by atoms with E-state index in [1.807, 2.05) is 11.4 Å². The molecule has 0 saturated carbocycles.